The third-order valence-electron chi connectivity index (χ3n) is 2.84. The number of halogens is 1. The van der Waals surface area contributed by atoms with Crippen LogP contribution < -0.4 is 0 Å². The Morgan fingerprint density at radius 3 is 2.83 bits per heavy atom. The Labute approximate surface area is 117 Å². The third kappa shape index (κ3) is 3.43. The minimum absolute atomic E-state index is 0.581. The Kier molecular flexibility index (Phi) is 4.24. The van der Waals surface area contributed by atoms with E-state index >= 15 is 0 Å². The van der Waals surface area contributed by atoms with Crippen LogP contribution in [0.3, 0.4) is 0 Å². The van der Waals surface area contributed by atoms with Crippen molar-refractivity contribution in [2.45, 2.75) is 32.4 Å². The highest BCUT2D eigenvalue weighted by Crippen LogP contribution is 2.22. The number of rotatable bonds is 5. The van der Waals surface area contributed by atoms with Crippen LogP contribution in [0, 0.1) is 0 Å². The average molecular weight is 327 g/mol. The summed E-state index contributed by atoms with van der Waals surface area (Å²) in [6.45, 7) is 8.50. The molecule has 0 radical (unpaired) electrons. The molecule has 2 aromatic rings. The van der Waals surface area contributed by atoms with Gasteiger partial charge in [0.1, 0.15) is 12.4 Å². The maximum Gasteiger partial charge on any atom is 0.142 e. The van der Waals surface area contributed by atoms with E-state index in [2.05, 4.69) is 46.6 Å². The van der Waals surface area contributed by atoms with Crippen LogP contribution in [0.25, 0.3) is 11.0 Å². The average Bonchev–Trinajstić information content (AvgIpc) is 2.68. The fourth-order valence-electron chi connectivity index (χ4n) is 1.70. The molecule has 0 saturated heterocycles. The van der Waals surface area contributed by atoms with Gasteiger partial charge in [-0.1, -0.05) is 0 Å². The molecule has 0 atom stereocenters. The molecule has 0 aromatic carbocycles. The fourth-order valence-corrected chi connectivity index (χ4v) is 2.89. The molecule has 0 bridgehead atoms. The van der Waals surface area contributed by atoms with Crippen molar-refractivity contribution in [3.05, 3.63) is 29.0 Å². The molecule has 0 unspecified atom stereocenters. The molecule has 0 aliphatic carbocycles. The summed E-state index contributed by atoms with van der Waals surface area (Å²) in [5.74, 6) is 0. The Morgan fingerprint density at radius 2 is 2.11 bits per heavy atom. The van der Waals surface area contributed by atoms with E-state index in [1.807, 2.05) is 23.0 Å². The lowest BCUT2D eigenvalue weighted by Gasteiger charge is -2.26. The van der Waals surface area contributed by atoms with Crippen molar-refractivity contribution in [1.82, 2.24) is 9.55 Å². The first-order valence-corrected chi connectivity index (χ1v) is 10.6. The number of hydrogen-bond donors (Lipinski definition) is 0. The second kappa shape index (κ2) is 5.55. The summed E-state index contributed by atoms with van der Waals surface area (Å²) in [5.41, 5.74) is 0.970. The Balaban J connectivity index is 1.98. The number of nitrogens with zero attached hydrogens (tertiary/aromatic N) is 2. The van der Waals surface area contributed by atoms with Crippen LogP contribution in [0.2, 0.25) is 25.7 Å². The summed E-state index contributed by atoms with van der Waals surface area (Å²) < 4.78 is 8.87. The highest BCUT2D eigenvalue weighted by molar-refractivity contribution is 9.10. The fraction of sp³-hybridized carbons (Fsp3) is 0.462. The van der Waals surface area contributed by atoms with Crippen LogP contribution in [0.4, 0.5) is 0 Å². The Hall–Kier alpha value is -0.653. The molecule has 2 heterocycles. The summed E-state index contributed by atoms with van der Waals surface area (Å²) >= 11 is 3.53. The maximum atomic E-state index is 5.74. The van der Waals surface area contributed by atoms with Crippen LogP contribution in [0.15, 0.2) is 29.0 Å². The van der Waals surface area contributed by atoms with Gasteiger partial charge in [0.05, 0.1) is 0 Å². The molecule has 0 aliphatic heterocycles. The summed E-state index contributed by atoms with van der Waals surface area (Å²) in [6, 6.07) is 5.22. The molecule has 2 rings (SSSR count). The van der Waals surface area contributed by atoms with Gasteiger partial charge in [0.15, 0.2) is 0 Å². The molecule has 0 N–H and O–H groups in total. The minimum atomic E-state index is -0.999. The van der Waals surface area contributed by atoms with Crippen molar-refractivity contribution in [3.63, 3.8) is 0 Å². The van der Waals surface area contributed by atoms with Crippen molar-refractivity contribution < 1.29 is 4.74 Å². The lowest BCUT2D eigenvalue weighted by Crippen LogP contribution is -2.22. The van der Waals surface area contributed by atoms with Gasteiger partial charge in [0, 0.05) is 28.9 Å². The number of fused-ring (bicyclic) bond motifs is 1. The van der Waals surface area contributed by atoms with Gasteiger partial charge in [-0.3, -0.25) is 0 Å². The first-order chi connectivity index (χ1) is 8.47. The quantitative estimate of drug-likeness (QED) is 0.610. The first kappa shape index (κ1) is 13.8. The van der Waals surface area contributed by atoms with Crippen molar-refractivity contribution in [1.29, 1.82) is 0 Å². The monoisotopic (exact) mass is 326 g/mol. The van der Waals surface area contributed by atoms with E-state index in [1.54, 1.807) is 0 Å². The predicted octanol–water partition coefficient (Wildman–Crippen LogP) is 4.11. The van der Waals surface area contributed by atoms with E-state index < -0.39 is 8.07 Å². The molecular weight excluding hydrogens is 308 g/mol. The summed E-state index contributed by atoms with van der Waals surface area (Å²) in [4.78, 5) is 4.39. The van der Waals surface area contributed by atoms with Crippen molar-refractivity contribution in [2.75, 3.05) is 6.61 Å². The van der Waals surface area contributed by atoms with Crippen molar-refractivity contribution in [3.8, 4) is 0 Å². The zero-order valence-corrected chi connectivity index (χ0v) is 13.7. The predicted molar refractivity (Wildman–Crippen MR) is 81.5 cm³/mol. The molecule has 99 valence electrons. The van der Waals surface area contributed by atoms with Gasteiger partial charge in [0.25, 0.3) is 0 Å². The molecule has 0 spiro atoms. The second-order valence-electron chi connectivity index (χ2n) is 5.66. The van der Waals surface area contributed by atoms with Crippen molar-refractivity contribution >= 4 is 35.0 Å². The molecule has 0 amide bonds. The van der Waals surface area contributed by atoms with Crippen LogP contribution in [0.1, 0.15) is 0 Å². The van der Waals surface area contributed by atoms with Crippen LogP contribution >= 0.6 is 15.9 Å². The Morgan fingerprint density at radius 1 is 1.33 bits per heavy atom. The third-order valence-corrected chi connectivity index (χ3v) is 5.23. The SMILES string of the molecule is C[Si-](C)(C)CCOCn1ccc2c(Br)ccnc21. The Bertz CT molecular complexity index is 533. The highest BCUT2D eigenvalue weighted by atomic mass is 79.9. The van der Waals surface area contributed by atoms with E-state index in [0.29, 0.717) is 6.73 Å². The van der Waals surface area contributed by atoms with Gasteiger partial charge >= 0.3 is 0 Å². The van der Waals surface area contributed by atoms with E-state index in [-0.39, 0.29) is 0 Å². The normalized spacial score (nSPS) is 12.2. The standard InChI is InChI=1S/C13H19BrN2OSi/c1-18(2,3)9-8-17-10-16-7-5-11-12(14)4-6-15-13(11)16/h4-7H,8-10H2,1-3H3/q-1. The number of hydrogen-bond acceptors (Lipinski definition) is 2. The lowest BCUT2D eigenvalue weighted by molar-refractivity contribution is 0.0899. The number of aromatic nitrogens is 2. The molecular formula is C13H19BrN2OSi-. The minimum Gasteiger partial charge on any atom is -0.364 e. The van der Waals surface area contributed by atoms with E-state index in [4.69, 9.17) is 4.74 Å². The highest BCUT2D eigenvalue weighted by Gasteiger charge is 2.05. The summed E-state index contributed by atoms with van der Waals surface area (Å²) in [7, 11) is -0.999. The molecule has 18 heavy (non-hydrogen) atoms. The van der Waals surface area contributed by atoms with Gasteiger partial charge in [-0.15, -0.1) is 14.1 Å². The van der Waals surface area contributed by atoms with Crippen LogP contribution in [0.5, 0.6) is 0 Å². The van der Waals surface area contributed by atoms with E-state index in [1.165, 1.54) is 6.04 Å². The topological polar surface area (TPSA) is 27.1 Å². The molecule has 0 saturated carbocycles. The zero-order chi connectivity index (χ0) is 13.2. The van der Waals surface area contributed by atoms with Crippen molar-refractivity contribution in [2.24, 2.45) is 0 Å². The second-order valence-corrected chi connectivity index (χ2v) is 12.1. The van der Waals surface area contributed by atoms with Crippen LogP contribution in [-0.4, -0.2) is 24.2 Å². The molecule has 0 fully saturated rings. The van der Waals surface area contributed by atoms with Gasteiger partial charge in [0.2, 0.25) is 0 Å². The molecule has 0 aliphatic rings. The van der Waals surface area contributed by atoms with Gasteiger partial charge in [-0.2, -0.15) is 19.6 Å². The van der Waals surface area contributed by atoms with Gasteiger partial charge in [-0.05, 0) is 28.1 Å². The van der Waals surface area contributed by atoms with E-state index in [0.717, 1.165) is 22.1 Å². The zero-order valence-electron chi connectivity index (χ0n) is 11.1. The molecule has 3 nitrogen and oxygen atoms in total. The smallest absolute Gasteiger partial charge is 0.142 e. The van der Waals surface area contributed by atoms with Gasteiger partial charge < -0.3 is 9.30 Å². The molecule has 5 heteroatoms. The largest absolute Gasteiger partial charge is 0.364 e. The van der Waals surface area contributed by atoms with Gasteiger partial charge in [-0.25, -0.2) is 4.98 Å². The summed E-state index contributed by atoms with van der Waals surface area (Å²) in [6.07, 6.45) is 3.84. The maximum absolute atomic E-state index is 5.74. The number of ether oxygens (including phenoxy) is 1. The number of pyridine rings is 1. The van der Waals surface area contributed by atoms with E-state index in [9.17, 15) is 0 Å². The first-order valence-electron chi connectivity index (χ1n) is 6.14. The summed E-state index contributed by atoms with van der Waals surface area (Å²) in [5, 5.41) is 1.13. The lowest BCUT2D eigenvalue weighted by atomic mass is 10.3. The molecule has 2 aromatic heterocycles. The van der Waals surface area contributed by atoms with Crippen LogP contribution in [-0.2, 0) is 11.5 Å².